The molecule has 0 spiro atoms. The molecule has 1 N–H and O–H groups in total. The zero-order valence-electron chi connectivity index (χ0n) is 11.0. The summed E-state index contributed by atoms with van der Waals surface area (Å²) in [6.07, 6.45) is 6.69. The minimum absolute atomic E-state index is 0.332. The highest BCUT2D eigenvalue weighted by atomic mass is 79.9. The summed E-state index contributed by atoms with van der Waals surface area (Å²) in [4.78, 5) is 10.8. The number of alkyl halides is 1. The van der Waals surface area contributed by atoms with Crippen LogP contribution in [0, 0.1) is 0 Å². The zero-order valence-corrected chi connectivity index (χ0v) is 15.0. The molecule has 0 heterocycles. The van der Waals surface area contributed by atoms with Crippen LogP contribution in [-0.4, -0.2) is 16.5 Å². The Morgan fingerprint density at radius 1 is 1.25 bits per heavy atom. The number of hydrogen-bond donors (Lipinski definition) is 1. The Bertz CT molecular complexity index is 476. The number of benzene rings is 1. The lowest BCUT2D eigenvalue weighted by Gasteiger charge is -2.24. The van der Waals surface area contributed by atoms with Crippen LogP contribution in [-0.2, 0) is 11.2 Å². The van der Waals surface area contributed by atoms with Gasteiger partial charge in [0.05, 0.1) is 0 Å². The molecule has 1 aliphatic carbocycles. The van der Waals surface area contributed by atoms with Crippen LogP contribution in [0.15, 0.2) is 21.1 Å². The van der Waals surface area contributed by atoms with Gasteiger partial charge < -0.3 is 5.11 Å². The van der Waals surface area contributed by atoms with Crippen LogP contribution in [0.3, 0.4) is 0 Å². The molecule has 0 saturated heterocycles. The summed E-state index contributed by atoms with van der Waals surface area (Å²) in [6.45, 7) is 0. The second-order valence-electron chi connectivity index (χ2n) is 5.32. The molecule has 1 aromatic rings. The van der Waals surface area contributed by atoms with E-state index in [-0.39, 0.29) is 0 Å². The fourth-order valence-corrected chi connectivity index (χ4v) is 4.94. The maximum absolute atomic E-state index is 10.8. The van der Waals surface area contributed by atoms with Crippen LogP contribution in [0.5, 0.6) is 0 Å². The molecule has 1 aromatic carbocycles. The van der Waals surface area contributed by atoms with Gasteiger partial charge in [-0.25, -0.2) is 0 Å². The van der Waals surface area contributed by atoms with Crippen LogP contribution >= 0.6 is 43.5 Å². The predicted molar refractivity (Wildman–Crippen MR) is 88.6 cm³/mol. The van der Waals surface area contributed by atoms with Gasteiger partial charge >= 0.3 is 5.97 Å². The molecule has 20 heavy (non-hydrogen) atoms. The Morgan fingerprint density at radius 3 is 2.30 bits per heavy atom. The summed E-state index contributed by atoms with van der Waals surface area (Å²) in [6, 6.07) is 4.01. The van der Waals surface area contributed by atoms with Crippen LogP contribution in [0.25, 0.3) is 0 Å². The monoisotopic (exact) mass is 422 g/mol. The quantitative estimate of drug-likeness (QED) is 0.649. The number of carboxylic acids is 1. The summed E-state index contributed by atoms with van der Waals surface area (Å²) in [5.41, 5.74) is 2.25. The Hall–Kier alpha value is -0.0600. The van der Waals surface area contributed by atoms with Crippen molar-refractivity contribution >= 4 is 49.4 Å². The van der Waals surface area contributed by atoms with Gasteiger partial charge in [0.2, 0.25) is 0 Å². The maximum Gasteiger partial charge on any atom is 0.321 e. The van der Waals surface area contributed by atoms with Crippen molar-refractivity contribution in [2.45, 2.75) is 49.8 Å². The van der Waals surface area contributed by atoms with E-state index < -0.39 is 11.3 Å². The smallest absolute Gasteiger partial charge is 0.321 e. The first-order valence-electron chi connectivity index (χ1n) is 6.83. The van der Waals surface area contributed by atoms with Crippen molar-refractivity contribution in [3.63, 3.8) is 0 Å². The summed E-state index contributed by atoms with van der Waals surface area (Å²) in [7, 11) is 0. The molecule has 0 bridgehead atoms. The number of carboxylic acid groups (broad SMARTS) is 1. The van der Waals surface area contributed by atoms with E-state index in [2.05, 4.69) is 31.9 Å². The van der Waals surface area contributed by atoms with Crippen LogP contribution in [0.4, 0.5) is 0 Å². The fraction of sp³-hybridized carbons (Fsp3) is 0.533. The molecular weight excluding hydrogens is 407 g/mol. The molecule has 0 amide bonds. The van der Waals surface area contributed by atoms with Crippen molar-refractivity contribution in [2.24, 2.45) is 0 Å². The third-order valence-electron chi connectivity index (χ3n) is 3.84. The largest absolute Gasteiger partial charge is 0.480 e. The van der Waals surface area contributed by atoms with Gasteiger partial charge in [-0.3, -0.25) is 4.79 Å². The van der Waals surface area contributed by atoms with Crippen molar-refractivity contribution in [1.82, 2.24) is 0 Å². The zero-order chi connectivity index (χ0) is 14.7. The first-order valence-corrected chi connectivity index (χ1v) is 8.86. The average Bonchev–Trinajstić information content (AvgIpc) is 2.39. The molecule has 1 saturated carbocycles. The van der Waals surface area contributed by atoms with E-state index in [1.807, 2.05) is 12.1 Å². The second kappa shape index (κ2) is 7.28. The van der Waals surface area contributed by atoms with E-state index in [1.165, 1.54) is 37.7 Å². The lowest BCUT2D eigenvalue weighted by molar-refractivity contribution is -0.136. The van der Waals surface area contributed by atoms with Gasteiger partial charge in [-0.1, -0.05) is 51.1 Å². The summed E-state index contributed by atoms with van der Waals surface area (Å²) in [5, 5.41) is 8.00. The van der Waals surface area contributed by atoms with Gasteiger partial charge in [0, 0.05) is 8.95 Å². The summed E-state index contributed by atoms with van der Waals surface area (Å²) in [5.74, 6) is -0.386. The molecule has 5 heteroatoms. The minimum atomic E-state index is -0.977. The number of rotatable bonds is 4. The van der Waals surface area contributed by atoms with Crippen molar-refractivity contribution < 1.29 is 9.90 Å². The Labute approximate surface area is 141 Å². The van der Waals surface area contributed by atoms with Gasteiger partial charge in [0.1, 0.15) is 5.38 Å². The molecule has 1 fully saturated rings. The topological polar surface area (TPSA) is 37.3 Å². The Kier molecular flexibility index (Phi) is 5.94. The molecule has 0 aromatic heterocycles. The van der Waals surface area contributed by atoms with Gasteiger partial charge in [-0.15, -0.1) is 11.6 Å². The van der Waals surface area contributed by atoms with Crippen LogP contribution < -0.4 is 0 Å². The van der Waals surface area contributed by atoms with Gasteiger partial charge in [0.25, 0.3) is 0 Å². The Morgan fingerprint density at radius 2 is 1.80 bits per heavy atom. The van der Waals surface area contributed by atoms with Crippen molar-refractivity contribution in [3.8, 4) is 0 Å². The predicted octanol–water partition coefficient (Wildman–Crippen LogP) is 5.49. The second-order valence-corrected chi connectivity index (χ2v) is 7.55. The highest BCUT2D eigenvalue weighted by Gasteiger charge is 2.22. The van der Waals surface area contributed by atoms with Gasteiger partial charge in [-0.05, 0) is 48.4 Å². The lowest BCUT2D eigenvalue weighted by Crippen LogP contribution is -2.16. The van der Waals surface area contributed by atoms with E-state index in [0.29, 0.717) is 12.3 Å². The van der Waals surface area contributed by atoms with Crippen molar-refractivity contribution in [2.75, 3.05) is 0 Å². The molecule has 1 atom stereocenters. The maximum atomic E-state index is 10.8. The minimum Gasteiger partial charge on any atom is -0.480 e. The normalized spacial score (nSPS) is 17.9. The van der Waals surface area contributed by atoms with E-state index in [4.69, 9.17) is 16.7 Å². The number of hydrogen-bond acceptors (Lipinski definition) is 1. The molecule has 110 valence electrons. The van der Waals surface area contributed by atoms with E-state index in [1.54, 1.807) is 0 Å². The van der Waals surface area contributed by atoms with E-state index in [9.17, 15) is 4.79 Å². The van der Waals surface area contributed by atoms with E-state index in [0.717, 1.165) is 14.5 Å². The first kappa shape index (κ1) is 16.3. The molecular formula is C15H17Br2ClO2. The van der Waals surface area contributed by atoms with Gasteiger partial charge in [0.15, 0.2) is 0 Å². The SMILES string of the molecule is O=C(O)C(Cl)Cc1cc(Br)c(C2CCCCC2)c(Br)c1. The number of carbonyl (C=O) groups is 1. The van der Waals surface area contributed by atoms with Gasteiger partial charge in [-0.2, -0.15) is 0 Å². The fourth-order valence-electron chi connectivity index (χ4n) is 2.83. The molecule has 1 unspecified atom stereocenters. The number of aliphatic carboxylic acids is 1. The standard InChI is InChI=1S/C15H17Br2ClO2/c16-11-6-9(8-13(18)15(19)20)7-12(17)14(11)10-4-2-1-3-5-10/h6-7,10,13H,1-5,8H2,(H,19,20). The van der Waals surface area contributed by atoms with Crippen LogP contribution in [0.1, 0.15) is 49.1 Å². The summed E-state index contributed by atoms with van der Waals surface area (Å²) >= 11 is 13.1. The lowest BCUT2D eigenvalue weighted by atomic mass is 9.84. The summed E-state index contributed by atoms with van der Waals surface area (Å²) < 4.78 is 2.12. The van der Waals surface area contributed by atoms with Crippen molar-refractivity contribution in [1.29, 1.82) is 0 Å². The average molecular weight is 425 g/mol. The molecule has 1 aliphatic rings. The molecule has 0 radical (unpaired) electrons. The third kappa shape index (κ3) is 3.99. The molecule has 2 rings (SSSR count). The third-order valence-corrected chi connectivity index (χ3v) is 5.49. The molecule has 2 nitrogen and oxygen atoms in total. The number of halogens is 3. The molecule has 0 aliphatic heterocycles. The van der Waals surface area contributed by atoms with E-state index >= 15 is 0 Å². The Balaban J connectivity index is 2.22. The van der Waals surface area contributed by atoms with Crippen LogP contribution in [0.2, 0.25) is 0 Å². The van der Waals surface area contributed by atoms with Crippen molar-refractivity contribution in [3.05, 3.63) is 32.2 Å². The highest BCUT2D eigenvalue weighted by Crippen LogP contribution is 2.41. The highest BCUT2D eigenvalue weighted by molar-refractivity contribution is 9.11. The first-order chi connectivity index (χ1) is 9.49.